The molecule has 5 nitrogen and oxygen atoms in total. The van der Waals surface area contributed by atoms with Gasteiger partial charge in [-0.15, -0.1) is 0 Å². The van der Waals surface area contributed by atoms with E-state index >= 15 is 0 Å². The number of alkyl halides is 3. The van der Waals surface area contributed by atoms with Crippen LogP contribution in [0.2, 0.25) is 0 Å². The molecule has 0 saturated carbocycles. The first-order chi connectivity index (χ1) is 11.8. The molecule has 0 atom stereocenters. The molecule has 1 amide bonds. The van der Waals surface area contributed by atoms with Crippen molar-refractivity contribution >= 4 is 33.3 Å². The zero-order valence-electron chi connectivity index (χ0n) is 12.7. The van der Waals surface area contributed by atoms with Gasteiger partial charge in [-0.2, -0.15) is 13.2 Å². The van der Waals surface area contributed by atoms with Crippen molar-refractivity contribution in [1.29, 1.82) is 0 Å². The van der Waals surface area contributed by atoms with Gasteiger partial charge < -0.3 is 0 Å². The molecule has 0 radical (unpaired) electrons. The summed E-state index contributed by atoms with van der Waals surface area (Å²) < 4.78 is 37.6. The molecule has 0 saturated heterocycles. The SMILES string of the molecule is Cc1nc(C(F)(F)F)ccc1C(=O)Nc1nc2ccccc2c(=O)s1. The summed E-state index contributed by atoms with van der Waals surface area (Å²) in [5, 5.41) is 2.93. The summed E-state index contributed by atoms with van der Waals surface area (Å²) in [5.74, 6) is -0.683. The molecule has 9 heteroatoms. The predicted octanol–water partition coefficient (Wildman–Crippen LogP) is 3.63. The van der Waals surface area contributed by atoms with Crippen molar-refractivity contribution in [2.75, 3.05) is 5.32 Å². The molecule has 0 aliphatic carbocycles. The lowest BCUT2D eigenvalue weighted by Gasteiger charge is -2.10. The van der Waals surface area contributed by atoms with Gasteiger partial charge in [0.15, 0.2) is 5.13 Å². The van der Waals surface area contributed by atoms with Crippen molar-refractivity contribution in [1.82, 2.24) is 9.97 Å². The predicted molar refractivity (Wildman–Crippen MR) is 87.8 cm³/mol. The molecule has 0 fully saturated rings. The molecule has 0 bridgehead atoms. The van der Waals surface area contributed by atoms with Crippen LogP contribution in [-0.4, -0.2) is 15.9 Å². The van der Waals surface area contributed by atoms with Gasteiger partial charge in [0.1, 0.15) is 5.69 Å². The highest BCUT2D eigenvalue weighted by molar-refractivity contribution is 7.13. The smallest absolute Gasteiger partial charge is 0.298 e. The Morgan fingerprint density at radius 2 is 1.84 bits per heavy atom. The van der Waals surface area contributed by atoms with Gasteiger partial charge in [-0.1, -0.05) is 23.5 Å². The van der Waals surface area contributed by atoms with Crippen molar-refractivity contribution in [3.05, 3.63) is 62.9 Å². The minimum atomic E-state index is -4.58. The lowest BCUT2D eigenvalue weighted by Crippen LogP contribution is -2.17. The van der Waals surface area contributed by atoms with Crippen molar-refractivity contribution in [2.45, 2.75) is 13.1 Å². The Bertz CT molecular complexity index is 1030. The maximum absolute atomic E-state index is 12.6. The quantitative estimate of drug-likeness (QED) is 0.753. The number of nitrogens with one attached hydrogen (secondary N) is 1. The van der Waals surface area contributed by atoms with Gasteiger partial charge in [0.05, 0.1) is 22.2 Å². The Morgan fingerprint density at radius 3 is 2.52 bits per heavy atom. The van der Waals surface area contributed by atoms with Crippen LogP contribution in [0.25, 0.3) is 10.9 Å². The molecule has 128 valence electrons. The summed E-state index contributed by atoms with van der Waals surface area (Å²) in [6, 6.07) is 8.44. The van der Waals surface area contributed by atoms with Gasteiger partial charge >= 0.3 is 6.18 Å². The third kappa shape index (κ3) is 3.50. The lowest BCUT2D eigenvalue weighted by atomic mass is 10.1. The monoisotopic (exact) mass is 365 g/mol. The number of rotatable bonds is 2. The van der Waals surface area contributed by atoms with Gasteiger partial charge in [0, 0.05) is 0 Å². The van der Waals surface area contributed by atoms with Crippen LogP contribution in [0, 0.1) is 6.92 Å². The van der Waals surface area contributed by atoms with Gasteiger partial charge in [-0.3, -0.25) is 14.9 Å². The third-order valence-corrected chi connectivity index (χ3v) is 4.17. The van der Waals surface area contributed by atoms with Crippen LogP contribution in [-0.2, 0) is 6.18 Å². The first kappa shape index (κ1) is 17.0. The van der Waals surface area contributed by atoms with Gasteiger partial charge in [-0.05, 0) is 31.2 Å². The average molecular weight is 365 g/mol. The number of para-hydroxylation sites is 1. The van der Waals surface area contributed by atoms with E-state index in [9.17, 15) is 22.8 Å². The van der Waals surface area contributed by atoms with Crippen LogP contribution in [0.3, 0.4) is 0 Å². The number of amides is 1. The Morgan fingerprint density at radius 1 is 1.12 bits per heavy atom. The van der Waals surface area contributed by atoms with E-state index in [1.165, 1.54) is 6.92 Å². The largest absolute Gasteiger partial charge is 0.433 e. The van der Waals surface area contributed by atoms with E-state index in [0.717, 1.165) is 23.5 Å². The number of carbonyl (C=O) groups is 1. The number of aromatic nitrogens is 2. The van der Waals surface area contributed by atoms with E-state index in [1.54, 1.807) is 24.3 Å². The van der Waals surface area contributed by atoms with Gasteiger partial charge in [0.25, 0.3) is 5.91 Å². The Hall–Kier alpha value is -2.81. The summed E-state index contributed by atoms with van der Waals surface area (Å²) in [4.78, 5) is 31.9. The molecule has 1 N–H and O–H groups in total. The number of halogens is 3. The highest BCUT2D eigenvalue weighted by atomic mass is 32.1. The van der Waals surface area contributed by atoms with E-state index in [0.29, 0.717) is 10.9 Å². The topological polar surface area (TPSA) is 72.0 Å². The zero-order chi connectivity index (χ0) is 18.2. The van der Waals surface area contributed by atoms with Crippen LogP contribution >= 0.6 is 11.3 Å². The van der Waals surface area contributed by atoms with Crippen molar-refractivity contribution in [3.8, 4) is 0 Å². The van der Waals surface area contributed by atoms with E-state index in [-0.39, 0.29) is 21.1 Å². The number of hydrogen-bond donors (Lipinski definition) is 1. The molecule has 0 aliphatic heterocycles. The summed E-state index contributed by atoms with van der Waals surface area (Å²) >= 11 is 0.744. The van der Waals surface area contributed by atoms with E-state index in [2.05, 4.69) is 15.3 Å². The Labute approximate surface area is 143 Å². The molecule has 2 aromatic heterocycles. The molecule has 0 spiro atoms. The van der Waals surface area contributed by atoms with Crippen molar-refractivity contribution in [3.63, 3.8) is 0 Å². The number of aryl methyl sites for hydroxylation is 1. The number of benzene rings is 1. The van der Waals surface area contributed by atoms with Crippen molar-refractivity contribution in [2.24, 2.45) is 0 Å². The molecular formula is C16H10F3N3O2S. The highest BCUT2D eigenvalue weighted by Gasteiger charge is 2.33. The molecule has 3 rings (SSSR count). The molecule has 0 unspecified atom stereocenters. The first-order valence-corrected chi connectivity index (χ1v) is 7.83. The number of hydrogen-bond acceptors (Lipinski definition) is 5. The van der Waals surface area contributed by atoms with Crippen LogP contribution in [0.5, 0.6) is 0 Å². The molecule has 0 aliphatic rings. The van der Waals surface area contributed by atoms with Crippen LogP contribution in [0.4, 0.5) is 18.3 Å². The third-order valence-electron chi connectivity index (χ3n) is 3.38. The Kier molecular flexibility index (Phi) is 4.25. The van der Waals surface area contributed by atoms with E-state index in [1.807, 2.05) is 0 Å². The second-order valence-electron chi connectivity index (χ2n) is 5.10. The Balaban J connectivity index is 1.91. The number of pyridine rings is 1. The van der Waals surface area contributed by atoms with Crippen LogP contribution in [0.15, 0.2) is 41.2 Å². The zero-order valence-corrected chi connectivity index (χ0v) is 13.5. The fourth-order valence-corrected chi connectivity index (χ4v) is 2.94. The minimum Gasteiger partial charge on any atom is -0.298 e. The summed E-state index contributed by atoms with van der Waals surface area (Å²) in [5.41, 5.74) is -0.748. The number of carbonyl (C=O) groups excluding carboxylic acids is 1. The molecule has 2 heterocycles. The molecule has 25 heavy (non-hydrogen) atoms. The van der Waals surface area contributed by atoms with E-state index in [4.69, 9.17) is 0 Å². The highest BCUT2D eigenvalue weighted by Crippen LogP contribution is 2.28. The van der Waals surface area contributed by atoms with Gasteiger partial charge in [-0.25, -0.2) is 9.97 Å². The van der Waals surface area contributed by atoms with Crippen LogP contribution < -0.4 is 10.1 Å². The summed E-state index contributed by atoms with van der Waals surface area (Å²) in [6.07, 6.45) is -4.58. The second-order valence-corrected chi connectivity index (χ2v) is 6.07. The average Bonchev–Trinajstić information content (AvgIpc) is 2.53. The first-order valence-electron chi connectivity index (χ1n) is 7.02. The molecular weight excluding hydrogens is 355 g/mol. The number of nitrogens with zero attached hydrogens (tertiary/aromatic N) is 2. The van der Waals surface area contributed by atoms with Gasteiger partial charge in [0.2, 0.25) is 4.74 Å². The van der Waals surface area contributed by atoms with Crippen LogP contribution in [0.1, 0.15) is 21.7 Å². The number of anilines is 1. The van der Waals surface area contributed by atoms with Crippen molar-refractivity contribution < 1.29 is 18.0 Å². The normalized spacial score (nSPS) is 11.5. The molecule has 3 aromatic rings. The maximum atomic E-state index is 12.6. The maximum Gasteiger partial charge on any atom is 0.433 e. The lowest BCUT2D eigenvalue weighted by molar-refractivity contribution is -0.141. The summed E-state index contributed by atoms with van der Waals surface area (Å²) in [7, 11) is 0. The standard InChI is InChI=1S/C16H10F3N3O2S/c1-8-9(6-7-12(20-8)16(17,18)19)13(23)22-15-21-11-5-3-2-4-10(11)14(24)25-15/h2-7H,1H3,(H,21,22,23). The van der Waals surface area contributed by atoms with E-state index < -0.39 is 17.8 Å². The molecule has 1 aromatic carbocycles. The minimum absolute atomic E-state index is 0.0254. The fourth-order valence-electron chi connectivity index (χ4n) is 2.20. The second kappa shape index (κ2) is 6.25. The summed E-state index contributed by atoms with van der Waals surface area (Å²) in [6.45, 7) is 1.31. The number of fused-ring (bicyclic) bond motifs is 1. The fraction of sp³-hybridized carbons (Fsp3) is 0.125.